The lowest BCUT2D eigenvalue weighted by molar-refractivity contribution is 0.0403. The van der Waals surface area contributed by atoms with Gasteiger partial charge in [0.05, 0.1) is 0 Å². The van der Waals surface area contributed by atoms with Gasteiger partial charge in [-0.05, 0) is 65.4 Å². The molecule has 6 rings (SSSR count). The number of hydrogen-bond acceptors (Lipinski definition) is 8. The Morgan fingerprint density at radius 3 is 1.42 bits per heavy atom. The number of carbonyl (C=O) groups is 2. The molecule has 0 bridgehead atoms. The molecule has 8 nitrogen and oxygen atoms in total. The van der Waals surface area contributed by atoms with E-state index in [4.69, 9.17) is 41.3 Å². The predicted molar refractivity (Wildman–Crippen MR) is 239 cm³/mol. The van der Waals surface area contributed by atoms with E-state index < -0.39 is 8.32 Å². The Hall–Kier alpha value is -5.32. The van der Waals surface area contributed by atoms with Crippen LogP contribution in [0.3, 0.4) is 0 Å². The lowest BCUT2D eigenvalue weighted by Gasteiger charge is -2.43. The van der Waals surface area contributed by atoms with Gasteiger partial charge in [0.15, 0.2) is 0 Å². The number of terminal acetylenes is 2. The summed E-state index contributed by atoms with van der Waals surface area (Å²) in [5.74, 6) is 6.36. The predicted octanol–water partition coefficient (Wildman–Crippen LogP) is 8.45. The molecule has 59 heavy (non-hydrogen) atoms. The zero-order valence-corrected chi connectivity index (χ0v) is 37.2. The maximum atomic E-state index is 12.4. The zero-order valence-electron chi connectivity index (χ0n) is 36.2. The van der Waals surface area contributed by atoms with Crippen molar-refractivity contribution in [2.45, 2.75) is 92.4 Å². The molecule has 4 aromatic rings. The van der Waals surface area contributed by atoms with E-state index >= 15 is 0 Å². The Labute approximate surface area is 353 Å². The van der Waals surface area contributed by atoms with Crippen LogP contribution in [0.1, 0.15) is 94.2 Å². The van der Waals surface area contributed by atoms with Gasteiger partial charge in [0.2, 0.25) is 0 Å². The molecule has 0 spiro atoms. The third-order valence-electron chi connectivity index (χ3n) is 9.32. The Bertz CT molecular complexity index is 1950. The molecule has 2 unspecified atom stereocenters. The number of rotatable bonds is 8. The first-order valence-corrected chi connectivity index (χ1v) is 22.2. The fraction of sp³-hybridized carbons (Fsp3) is 0.400. The first-order valence-electron chi connectivity index (χ1n) is 20.3. The molecule has 4 aromatic carbocycles. The van der Waals surface area contributed by atoms with E-state index in [9.17, 15) is 9.59 Å². The lowest BCUT2D eigenvalue weighted by Crippen LogP contribution is -2.66. The standard InChI is InChI=1S/C28H32O4Si.C12H14O4.2C5H8/c1-21-20-30-27(29)25-17-11-12-22(26(25)32-21)18-19-31-33(28(2,3)4,23-13-7-5-8-14-23)24-15-9-6-10-16-24;1-8-7-15-12(14)10-4-2-3-9(5-6-13)11(10)16-8;2*1-4-5(2)3/h5-17,21H,18-20H2,1-4H3;2-4,8,13H,5-7H2,1H3;2*1,5H,2-3H3. The van der Waals surface area contributed by atoms with Crippen LogP contribution in [0.15, 0.2) is 97.1 Å². The van der Waals surface area contributed by atoms with Crippen LogP contribution in [0.4, 0.5) is 0 Å². The van der Waals surface area contributed by atoms with E-state index in [1.165, 1.54) is 10.4 Å². The monoisotopic (exact) mass is 818 g/mol. The number of aliphatic hydroxyl groups is 1. The summed E-state index contributed by atoms with van der Waals surface area (Å²) in [6.45, 7) is 19.6. The fourth-order valence-electron chi connectivity index (χ4n) is 6.37. The quantitative estimate of drug-likeness (QED) is 0.108. The second-order valence-electron chi connectivity index (χ2n) is 16.0. The molecule has 0 aromatic heterocycles. The lowest BCUT2D eigenvalue weighted by atomic mass is 10.1. The number of hydrogen-bond donors (Lipinski definition) is 1. The molecule has 2 heterocycles. The van der Waals surface area contributed by atoms with Crippen molar-refractivity contribution in [2.24, 2.45) is 11.8 Å². The largest absolute Gasteiger partial charge is 0.486 e. The van der Waals surface area contributed by atoms with E-state index in [0.29, 0.717) is 53.9 Å². The molecule has 2 aliphatic heterocycles. The number of benzene rings is 4. The van der Waals surface area contributed by atoms with Gasteiger partial charge in [0, 0.05) is 25.0 Å². The van der Waals surface area contributed by atoms with Crippen molar-refractivity contribution in [3.05, 3.63) is 119 Å². The van der Waals surface area contributed by atoms with Gasteiger partial charge < -0.3 is 28.5 Å². The van der Waals surface area contributed by atoms with Crippen LogP contribution in [-0.4, -0.2) is 64.0 Å². The van der Waals surface area contributed by atoms with Crippen molar-refractivity contribution in [1.29, 1.82) is 0 Å². The summed E-state index contributed by atoms with van der Waals surface area (Å²) in [5.41, 5.74) is 2.74. The number of cyclic esters (lactones) is 2. The van der Waals surface area contributed by atoms with Gasteiger partial charge in [0.1, 0.15) is 48.0 Å². The van der Waals surface area contributed by atoms with E-state index in [2.05, 4.69) is 81.1 Å². The highest BCUT2D eigenvalue weighted by atomic mass is 28.4. The molecule has 0 fully saturated rings. The fourth-order valence-corrected chi connectivity index (χ4v) is 10.9. The molecule has 9 heteroatoms. The van der Waals surface area contributed by atoms with Crippen molar-refractivity contribution < 1.29 is 38.1 Å². The number of fused-ring (bicyclic) bond motifs is 2. The summed E-state index contributed by atoms with van der Waals surface area (Å²) in [6.07, 6.45) is 10.6. The highest BCUT2D eigenvalue weighted by Gasteiger charge is 2.50. The number of esters is 2. The molecule has 1 N–H and O–H groups in total. The smallest absolute Gasteiger partial charge is 0.342 e. The second-order valence-corrected chi connectivity index (χ2v) is 20.3. The molecule has 0 aliphatic carbocycles. The second kappa shape index (κ2) is 23.3. The van der Waals surface area contributed by atoms with Gasteiger partial charge in [-0.3, -0.25) is 0 Å². The summed E-state index contributed by atoms with van der Waals surface area (Å²) in [4.78, 5) is 24.1. The SMILES string of the molecule is C#CC(C)C.C#CC(C)C.CC1COC(=O)c2cccc(CCO)c2O1.CC1COC(=O)c2cccc(CCO[Si](c3ccccc3)(c3ccccc3)C(C)(C)C)c2O1. The van der Waals surface area contributed by atoms with Crippen LogP contribution in [0.25, 0.3) is 0 Å². The van der Waals surface area contributed by atoms with Gasteiger partial charge in [-0.25, -0.2) is 9.59 Å². The van der Waals surface area contributed by atoms with Crippen LogP contribution in [0, 0.1) is 36.5 Å². The Morgan fingerprint density at radius 1 is 0.678 bits per heavy atom. The highest BCUT2D eigenvalue weighted by Crippen LogP contribution is 2.37. The summed E-state index contributed by atoms with van der Waals surface area (Å²) in [5, 5.41) is 11.4. The number of ether oxygens (including phenoxy) is 4. The van der Waals surface area contributed by atoms with E-state index in [1.807, 2.05) is 71.9 Å². The molecule has 0 saturated heterocycles. The molecule has 0 radical (unpaired) electrons. The Kier molecular flexibility index (Phi) is 19.0. The molecular formula is C50H62O8Si. The summed E-state index contributed by atoms with van der Waals surface area (Å²) >= 11 is 0. The summed E-state index contributed by atoms with van der Waals surface area (Å²) in [7, 11) is -2.61. The minimum absolute atomic E-state index is 0.0310. The zero-order chi connectivity index (χ0) is 43.6. The number of para-hydroxylation sites is 2. The average Bonchev–Trinajstić information content (AvgIpc) is 3.47. The minimum Gasteiger partial charge on any atom is -0.486 e. The highest BCUT2D eigenvalue weighted by molar-refractivity contribution is 6.99. The van der Waals surface area contributed by atoms with Crippen molar-refractivity contribution >= 4 is 30.6 Å². The van der Waals surface area contributed by atoms with Crippen LogP contribution < -0.4 is 19.8 Å². The molecule has 0 amide bonds. The van der Waals surface area contributed by atoms with Crippen LogP contribution in [0.5, 0.6) is 11.5 Å². The maximum absolute atomic E-state index is 12.4. The summed E-state index contributed by atoms with van der Waals surface area (Å²) in [6, 6.07) is 32.2. The van der Waals surface area contributed by atoms with Gasteiger partial charge >= 0.3 is 11.9 Å². The van der Waals surface area contributed by atoms with E-state index in [0.717, 1.165) is 11.1 Å². The van der Waals surface area contributed by atoms with Gasteiger partial charge in [0.25, 0.3) is 8.32 Å². The van der Waals surface area contributed by atoms with Crippen LogP contribution in [-0.2, 0) is 26.7 Å². The normalized spacial score (nSPS) is 15.7. The van der Waals surface area contributed by atoms with E-state index in [1.54, 1.807) is 18.2 Å². The Morgan fingerprint density at radius 2 is 1.07 bits per heavy atom. The van der Waals surface area contributed by atoms with Gasteiger partial charge in [-0.2, -0.15) is 0 Å². The van der Waals surface area contributed by atoms with E-state index in [-0.39, 0.29) is 49.0 Å². The first-order chi connectivity index (χ1) is 28.1. The third kappa shape index (κ3) is 13.6. The Balaban J connectivity index is 0.000000294. The van der Waals surface area contributed by atoms with Crippen molar-refractivity contribution in [2.75, 3.05) is 26.4 Å². The van der Waals surface area contributed by atoms with Crippen molar-refractivity contribution in [3.63, 3.8) is 0 Å². The molecule has 314 valence electrons. The van der Waals surface area contributed by atoms with Crippen LogP contribution in [0.2, 0.25) is 5.04 Å². The molecule has 2 atom stereocenters. The summed E-state index contributed by atoms with van der Waals surface area (Å²) < 4.78 is 29.1. The first kappa shape index (κ1) is 48.0. The third-order valence-corrected chi connectivity index (χ3v) is 14.4. The number of carbonyl (C=O) groups excluding carboxylic acids is 2. The van der Waals surface area contributed by atoms with Crippen LogP contribution >= 0.6 is 0 Å². The molecular weight excluding hydrogens is 757 g/mol. The molecule has 2 aliphatic rings. The van der Waals surface area contributed by atoms with Gasteiger partial charge in [-0.1, -0.05) is 133 Å². The molecule has 0 saturated carbocycles. The topological polar surface area (TPSA) is 101 Å². The maximum Gasteiger partial charge on any atom is 0.342 e. The van der Waals surface area contributed by atoms with Crippen molar-refractivity contribution in [3.8, 4) is 36.2 Å². The number of aliphatic hydroxyl groups excluding tert-OH is 1. The van der Waals surface area contributed by atoms with Gasteiger partial charge in [-0.15, -0.1) is 24.7 Å². The van der Waals surface area contributed by atoms with Crippen molar-refractivity contribution in [1.82, 2.24) is 0 Å². The minimum atomic E-state index is -2.61. The average molecular weight is 819 g/mol.